The van der Waals surface area contributed by atoms with Crippen LogP contribution in [-0.4, -0.2) is 9.97 Å². The summed E-state index contributed by atoms with van der Waals surface area (Å²) in [6.45, 7) is 0. The molecular formula is C10H10BrN5S. The van der Waals surface area contributed by atoms with Gasteiger partial charge in [0.2, 0.25) is 0 Å². The summed E-state index contributed by atoms with van der Waals surface area (Å²) in [5.41, 5.74) is 17.5. The Hall–Kier alpha value is -1.47. The number of nitrogens with two attached hydrogens (primary N) is 3. The molecule has 0 amide bonds. The highest BCUT2D eigenvalue weighted by atomic mass is 79.9. The molecule has 0 atom stereocenters. The second-order valence-electron chi connectivity index (χ2n) is 3.29. The molecule has 1 heterocycles. The topological polar surface area (TPSA) is 104 Å². The quantitative estimate of drug-likeness (QED) is 0.580. The summed E-state index contributed by atoms with van der Waals surface area (Å²) in [6, 6.07) is 7.02. The highest BCUT2D eigenvalue weighted by molar-refractivity contribution is 9.10. The third-order valence-corrected chi connectivity index (χ3v) is 3.76. The van der Waals surface area contributed by atoms with Gasteiger partial charge >= 0.3 is 0 Å². The van der Waals surface area contributed by atoms with Crippen molar-refractivity contribution in [2.75, 3.05) is 17.2 Å². The molecule has 0 aliphatic carbocycles. The van der Waals surface area contributed by atoms with Gasteiger partial charge in [-0.3, -0.25) is 0 Å². The van der Waals surface area contributed by atoms with E-state index in [1.54, 1.807) is 0 Å². The van der Waals surface area contributed by atoms with Gasteiger partial charge in [0.05, 0.1) is 0 Å². The van der Waals surface area contributed by atoms with E-state index in [1.807, 2.05) is 18.2 Å². The Morgan fingerprint density at radius 1 is 1.00 bits per heavy atom. The first-order valence-electron chi connectivity index (χ1n) is 4.67. The number of halogens is 1. The molecule has 7 heteroatoms. The third-order valence-electron chi connectivity index (χ3n) is 1.90. The van der Waals surface area contributed by atoms with E-state index < -0.39 is 0 Å². The zero-order valence-corrected chi connectivity index (χ0v) is 11.1. The van der Waals surface area contributed by atoms with Gasteiger partial charge in [-0.25, -0.2) is 9.97 Å². The lowest BCUT2D eigenvalue weighted by molar-refractivity contribution is 0.984. The minimum Gasteiger partial charge on any atom is -0.399 e. The predicted octanol–water partition coefficient (Wildman–Crippen LogP) is 2.14. The second-order valence-corrected chi connectivity index (χ2v) is 5.16. The Labute approximate surface area is 111 Å². The lowest BCUT2D eigenvalue weighted by Gasteiger charge is -2.05. The Morgan fingerprint density at radius 3 is 2.24 bits per heavy atom. The van der Waals surface area contributed by atoms with Gasteiger partial charge in [-0.2, -0.15) is 0 Å². The maximum Gasteiger partial charge on any atom is 0.196 e. The maximum atomic E-state index is 5.66. The van der Waals surface area contributed by atoms with Crippen molar-refractivity contribution in [2.45, 2.75) is 10.1 Å². The normalized spacial score (nSPS) is 10.4. The van der Waals surface area contributed by atoms with Crippen LogP contribution in [0.25, 0.3) is 0 Å². The van der Waals surface area contributed by atoms with E-state index in [2.05, 4.69) is 25.9 Å². The SMILES string of the molecule is Nc1ccc(Sc2nc(N)cc(N)n2)c(Br)c1. The zero-order chi connectivity index (χ0) is 12.4. The standard InChI is InChI=1S/C10H10BrN5S/c11-6-3-5(12)1-2-7(6)17-10-15-8(13)4-9(14)16-10/h1-4H,12H2,(H4,13,14,15,16). The monoisotopic (exact) mass is 311 g/mol. The van der Waals surface area contributed by atoms with Crippen LogP contribution in [0.3, 0.4) is 0 Å². The van der Waals surface area contributed by atoms with Gasteiger partial charge in [0.1, 0.15) is 11.6 Å². The van der Waals surface area contributed by atoms with E-state index in [1.165, 1.54) is 17.8 Å². The molecule has 1 aromatic carbocycles. The molecule has 1 aromatic heterocycles. The Kier molecular flexibility index (Phi) is 3.39. The predicted molar refractivity (Wildman–Crippen MR) is 73.5 cm³/mol. The fraction of sp³-hybridized carbons (Fsp3) is 0. The molecule has 0 aliphatic rings. The molecule has 2 aromatic rings. The van der Waals surface area contributed by atoms with Crippen LogP contribution in [0.5, 0.6) is 0 Å². The Balaban J connectivity index is 2.31. The minimum atomic E-state index is 0.353. The summed E-state index contributed by atoms with van der Waals surface area (Å²) in [5.74, 6) is 0.707. The first-order chi connectivity index (χ1) is 8.04. The summed E-state index contributed by atoms with van der Waals surface area (Å²) in [6.07, 6.45) is 0. The molecule has 0 aliphatic heterocycles. The Morgan fingerprint density at radius 2 is 1.65 bits per heavy atom. The molecule has 6 N–H and O–H groups in total. The van der Waals surface area contributed by atoms with Gasteiger partial charge in [0, 0.05) is 21.1 Å². The van der Waals surface area contributed by atoms with Gasteiger partial charge in [0.25, 0.3) is 0 Å². The third kappa shape index (κ3) is 3.01. The van der Waals surface area contributed by atoms with Gasteiger partial charge in [0.15, 0.2) is 5.16 Å². The van der Waals surface area contributed by atoms with E-state index in [4.69, 9.17) is 17.2 Å². The van der Waals surface area contributed by atoms with E-state index in [9.17, 15) is 0 Å². The van der Waals surface area contributed by atoms with E-state index in [0.29, 0.717) is 22.5 Å². The van der Waals surface area contributed by atoms with E-state index in [-0.39, 0.29) is 0 Å². The molecule has 0 bridgehead atoms. The van der Waals surface area contributed by atoms with Gasteiger partial charge in [-0.1, -0.05) is 0 Å². The maximum absolute atomic E-state index is 5.66. The van der Waals surface area contributed by atoms with Crippen molar-refractivity contribution < 1.29 is 0 Å². The molecule has 0 unspecified atom stereocenters. The number of anilines is 3. The molecule has 17 heavy (non-hydrogen) atoms. The molecule has 0 radical (unpaired) electrons. The van der Waals surface area contributed by atoms with Crippen LogP contribution in [0.1, 0.15) is 0 Å². The fourth-order valence-electron chi connectivity index (χ4n) is 1.21. The number of hydrogen-bond donors (Lipinski definition) is 3. The van der Waals surface area contributed by atoms with Crippen LogP contribution in [0.15, 0.2) is 38.8 Å². The van der Waals surface area contributed by atoms with E-state index >= 15 is 0 Å². The molecule has 0 spiro atoms. The van der Waals surface area contributed by atoms with Crippen LogP contribution in [0.2, 0.25) is 0 Å². The highest BCUT2D eigenvalue weighted by Gasteiger charge is 2.06. The van der Waals surface area contributed by atoms with Crippen LogP contribution >= 0.6 is 27.7 Å². The first kappa shape index (κ1) is 12.0. The average molecular weight is 312 g/mol. The van der Waals surface area contributed by atoms with Gasteiger partial charge in [-0.15, -0.1) is 0 Å². The van der Waals surface area contributed by atoms with Crippen molar-refractivity contribution in [2.24, 2.45) is 0 Å². The van der Waals surface area contributed by atoms with Crippen molar-refractivity contribution in [1.29, 1.82) is 0 Å². The first-order valence-corrected chi connectivity index (χ1v) is 6.28. The number of nitrogens with zero attached hydrogens (tertiary/aromatic N) is 2. The smallest absolute Gasteiger partial charge is 0.196 e. The van der Waals surface area contributed by atoms with Crippen molar-refractivity contribution in [3.8, 4) is 0 Å². The molecule has 2 rings (SSSR count). The van der Waals surface area contributed by atoms with Gasteiger partial charge < -0.3 is 17.2 Å². The minimum absolute atomic E-state index is 0.353. The van der Waals surface area contributed by atoms with Crippen LogP contribution in [-0.2, 0) is 0 Å². The van der Waals surface area contributed by atoms with Crippen LogP contribution < -0.4 is 17.2 Å². The second kappa shape index (κ2) is 4.80. The van der Waals surface area contributed by atoms with Crippen molar-refractivity contribution in [3.63, 3.8) is 0 Å². The summed E-state index contributed by atoms with van der Waals surface area (Å²) >= 11 is 4.79. The lowest BCUT2D eigenvalue weighted by Crippen LogP contribution is -1.99. The number of benzene rings is 1. The lowest BCUT2D eigenvalue weighted by atomic mass is 10.3. The zero-order valence-electron chi connectivity index (χ0n) is 8.72. The van der Waals surface area contributed by atoms with Crippen molar-refractivity contribution >= 4 is 45.0 Å². The molecule has 0 saturated carbocycles. The molecular weight excluding hydrogens is 302 g/mol. The summed E-state index contributed by atoms with van der Waals surface area (Å²) in [4.78, 5) is 9.13. The number of aromatic nitrogens is 2. The van der Waals surface area contributed by atoms with Gasteiger partial charge in [-0.05, 0) is 45.9 Å². The molecule has 5 nitrogen and oxygen atoms in total. The molecule has 0 fully saturated rings. The summed E-state index contributed by atoms with van der Waals surface area (Å²) < 4.78 is 0.882. The van der Waals surface area contributed by atoms with E-state index in [0.717, 1.165) is 9.37 Å². The Bertz CT molecular complexity index is 540. The van der Waals surface area contributed by atoms with Crippen molar-refractivity contribution in [1.82, 2.24) is 9.97 Å². The summed E-state index contributed by atoms with van der Waals surface area (Å²) in [5, 5.41) is 0.507. The summed E-state index contributed by atoms with van der Waals surface area (Å²) in [7, 11) is 0. The van der Waals surface area contributed by atoms with Crippen LogP contribution in [0.4, 0.5) is 17.3 Å². The van der Waals surface area contributed by atoms with Crippen molar-refractivity contribution in [3.05, 3.63) is 28.7 Å². The highest BCUT2D eigenvalue weighted by Crippen LogP contribution is 2.33. The average Bonchev–Trinajstić information content (AvgIpc) is 2.21. The number of rotatable bonds is 2. The number of nitrogen functional groups attached to an aromatic ring is 3. The van der Waals surface area contributed by atoms with Crippen LogP contribution in [0, 0.1) is 0 Å². The molecule has 88 valence electrons. The largest absolute Gasteiger partial charge is 0.399 e. The fourth-order valence-corrected chi connectivity index (χ4v) is 2.64. The molecule has 0 saturated heterocycles. The number of hydrogen-bond acceptors (Lipinski definition) is 6.